The second-order valence-corrected chi connectivity index (χ2v) is 6.55. The molecule has 0 amide bonds. The molecule has 0 fully saturated rings. The second kappa shape index (κ2) is 6.09. The van der Waals surface area contributed by atoms with E-state index in [0.717, 1.165) is 24.0 Å². The van der Waals surface area contributed by atoms with Crippen LogP contribution >= 0.6 is 0 Å². The Kier molecular flexibility index (Phi) is 4.45. The largest absolute Gasteiger partial charge is 0.280 e. The first-order valence-electron chi connectivity index (χ1n) is 6.69. The molecule has 0 radical (unpaired) electrons. The Morgan fingerprint density at radius 1 is 1.05 bits per heavy atom. The summed E-state index contributed by atoms with van der Waals surface area (Å²) >= 11 is 0. The number of hydrogen-bond acceptors (Lipinski definition) is 2. The van der Waals surface area contributed by atoms with Gasteiger partial charge in [-0.2, -0.15) is 0 Å². The normalized spacial score (nSPS) is 11.3. The molecule has 2 aromatic rings. The minimum absolute atomic E-state index is 0.309. The Labute approximate surface area is 120 Å². The van der Waals surface area contributed by atoms with Crippen molar-refractivity contribution in [1.29, 1.82) is 0 Å². The van der Waals surface area contributed by atoms with Crippen molar-refractivity contribution in [3.8, 4) is 0 Å². The third kappa shape index (κ3) is 3.61. The van der Waals surface area contributed by atoms with Crippen LogP contribution in [0.5, 0.6) is 0 Å². The summed E-state index contributed by atoms with van der Waals surface area (Å²) in [6, 6.07) is 14.4. The van der Waals surface area contributed by atoms with Crippen LogP contribution in [0.2, 0.25) is 0 Å². The summed E-state index contributed by atoms with van der Waals surface area (Å²) in [5, 5.41) is 0. The van der Waals surface area contributed by atoms with Gasteiger partial charge < -0.3 is 0 Å². The maximum Gasteiger partial charge on any atom is 0.261 e. The van der Waals surface area contributed by atoms with Gasteiger partial charge in [0.15, 0.2) is 0 Å². The van der Waals surface area contributed by atoms with Gasteiger partial charge in [-0.3, -0.25) is 4.72 Å². The van der Waals surface area contributed by atoms with Crippen LogP contribution in [-0.2, 0) is 16.4 Å². The van der Waals surface area contributed by atoms with Crippen molar-refractivity contribution >= 4 is 15.7 Å². The van der Waals surface area contributed by atoms with E-state index in [4.69, 9.17) is 0 Å². The van der Waals surface area contributed by atoms with Crippen LogP contribution in [0.15, 0.2) is 53.4 Å². The lowest BCUT2D eigenvalue weighted by Gasteiger charge is -2.09. The van der Waals surface area contributed by atoms with Gasteiger partial charge in [-0.1, -0.05) is 43.2 Å². The molecule has 1 N–H and O–H groups in total. The summed E-state index contributed by atoms with van der Waals surface area (Å²) in [7, 11) is -3.52. The Morgan fingerprint density at radius 2 is 1.75 bits per heavy atom. The van der Waals surface area contributed by atoms with Crippen molar-refractivity contribution in [1.82, 2.24) is 0 Å². The fraction of sp³-hybridized carbons (Fsp3) is 0.250. The van der Waals surface area contributed by atoms with Gasteiger partial charge in [0.05, 0.1) is 4.90 Å². The van der Waals surface area contributed by atoms with E-state index in [0.29, 0.717) is 10.6 Å². The zero-order valence-electron chi connectivity index (χ0n) is 11.8. The molecule has 0 aliphatic rings. The molecule has 0 atom stereocenters. The van der Waals surface area contributed by atoms with E-state index in [2.05, 4.69) is 11.6 Å². The minimum Gasteiger partial charge on any atom is -0.280 e. The maximum absolute atomic E-state index is 12.3. The molecule has 0 bridgehead atoms. The molecule has 3 nitrogen and oxygen atoms in total. The molecular weight excluding hydrogens is 270 g/mol. The SMILES string of the molecule is CCCc1cccc(S(=O)(=O)Nc2ccc(C)cc2)c1. The summed E-state index contributed by atoms with van der Waals surface area (Å²) in [6.07, 6.45) is 1.88. The molecule has 2 aromatic carbocycles. The molecule has 0 aliphatic carbocycles. The van der Waals surface area contributed by atoms with Crippen molar-refractivity contribution in [2.75, 3.05) is 4.72 Å². The Bertz CT molecular complexity index is 676. The summed E-state index contributed by atoms with van der Waals surface area (Å²) in [5.41, 5.74) is 2.72. The molecule has 0 spiro atoms. The highest BCUT2D eigenvalue weighted by Crippen LogP contribution is 2.18. The van der Waals surface area contributed by atoms with E-state index in [1.807, 2.05) is 25.1 Å². The fourth-order valence-electron chi connectivity index (χ4n) is 1.99. The molecule has 0 aromatic heterocycles. The predicted molar refractivity (Wildman–Crippen MR) is 82.4 cm³/mol. The fourth-order valence-corrected chi connectivity index (χ4v) is 3.12. The standard InChI is InChI=1S/C16H19NO2S/c1-3-5-14-6-4-7-16(12-14)20(18,19)17-15-10-8-13(2)9-11-15/h4,6-12,17H,3,5H2,1-2H3. The Morgan fingerprint density at radius 3 is 2.40 bits per heavy atom. The minimum atomic E-state index is -3.52. The first-order valence-corrected chi connectivity index (χ1v) is 8.18. The predicted octanol–water partition coefficient (Wildman–Crippen LogP) is 3.75. The highest BCUT2D eigenvalue weighted by Gasteiger charge is 2.14. The molecule has 0 saturated carbocycles. The van der Waals surface area contributed by atoms with Crippen LogP contribution < -0.4 is 4.72 Å². The molecule has 4 heteroatoms. The number of sulfonamides is 1. The highest BCUT2D eigenvalue weighted by atomic mass is 32.2. The topological polar surface area (TPSA) is 46.2 Å². The van der Waals surface area contributed by atoms with Crippen LogP contribution in [0.25, 0.3) is 0 Å². The number of aryl methyl sites for hydroxylation is 2. The third-order valence-corrected chi connectivity index (χ3v) is 4.43. The van der Waals surface area contributed by atoms with E-state index in [9.17, 15) is 8.42 Å². The van der Waals surface area contributed by atoms with Crippen LogP contribution in [0.4, 0.5) is 5.69 Å². The van der Waals surface area contributed by atoms with Gasteiger partial charge in [-0.25, -0.2) is 8.42 Å². The molecule has 20 heavy (non-hydrogen) atoms. The van der Waals surface area contributed by atoms with E-state index in [-0.39, 0.29) is 0 Å². The van der Waals surface area contributed by atoms with Gasteiger partial charge in [-0.15, -0.1) is 0 Å². The zero-order chi connectivity index (χ0) is 14.6. The van der Waals surface area contributed by atoms with E-state index in [1.54, 1.807) is 30.3 Å². The van der Waals surface area contributed by atoms with Crippen LogP contribution in [0.1, 0.15) is 24.5 Å². The molecule has 0 heterocycles. The molecule has 0 aliphatic heterocycles. The van der Waals surface area contributed by atoms with E-state index in [1.165, 1.54) is 0 Å². The van der Waals surface area contributed by atoms with Gasteiger partial charge in [0.25, 0.3) is 10.0 Å². The summed E-state index contributed by atoms with van der Waals surface area (Å²) in [4.78, 5) is 0.309. The molecule has 0 saturated heterocycles. The summed E-state index contributed by atoms with van der Waals surface area (Å²) in [5.74, 6) is 0. The summed E-state index contributed by atoms with van der Waals surface area (Å²) < 4.78 is 27.3. The smallest absolute Gasteiger partial charge is 0.261 e. The Balaban J connectivity index is 2.25. The van der Waals surface area contributed by atoms with E-state index >= 15 is 0 Å². The molecular formula is C16H19NO2S. The molecule has 106 valence electrons. The number of benzene rings is 2. The Hall–Kier alpha value is -1.81. The number of rotatable bonds is 5. The average molecular weight is 289 g/mol. The van der Waals surface area contributed by atoms with Gasteiger partial charge >= 0.3 is 0 Å². The lowest BCUT2D eigenvalue weighted by atomic mass is 10.1. The zero-order valence-corrected chi connectivity index (χ0v) is 12.6. The first-order chi connectivity index (χ1) is 9.51. The lowest BCUT2D eigenvalue weighted by Crippen LogP contribution is -2.13. The maximum atomic E-state index is 12.3. The van der Waals surface area contributed by atoms with Gasteiger partial charge in [0.2, 0.25) is 0 Å². The van der Waals surface area contributed by atoms with Gasteiger partial charge in [0.1, 0.15) is 0 Å². The monoisotopic (exact) mass is 289 g/mol. The lowest BCUT2D eigenvalue weighted by molar-refractivity contribution is 0.601. The summed E-state index contributed by atoms with van der Waals surface area (Å²) in [6.45, 7) is 4.04. The molecule has 0 unspecified atom stereocenters. The van der Waals surface area contributed by atoms with E-state index < -0.39 is 10.0 Å². The average Bonchev–Trinajstić information content (AvgIpc) is 2.42. The van der Waals surface area contributed by atoms with Crippen LogP contribution in [0, 0.1) is 6.92 Å². The number of anilines is 1. The van der Waals surface area contributed by atoms with Crippen LogP contribution in [0.3, 0.4) is 0 Å². The van der Waals surface area contributed by atoms with Gasteiger partial charge in [-0.05, 0) is 43.2 Å². The van der Waals surface area contributed by atoms with Crippen molar-refractivity contribution in [3.05, 3.63) is 59.7 Å². The second-order valence-electron chi connectivity index (χ2n) is 4.87. The van der Waals surface area contributed by atoms with Crippen molar-refractivity contribution in [2.24, 2.45) is 0 Å². The number of hydrogen-bond donors (Lipinski definition) is 1. The van der Waals surface area contributed by atoms with Gasteiger partial charge in [0, 0.05) is 5.69 Å². The van der Waals surface area contributed by atoms with Crippen LogP contribution in [-0.4, -0.2) is 8.42 Å². The molecule has 2 rings (SSSR count). The third-order valence-electron chi connectivity index (χ3n) is 3.05. The first kappa shape index (κ1) is 14.6. The highest BCUT2D eigenvalue weighted by molar-refractivity contribution is 7.92. The number of nitrogens with one attached hydrogen (secondary N) is 1. The quantitative estimate of drug-likeness (QED) is 0.911. The van der Waals surface area contributed by atoms with Crippen molar-refractivity contribution in [2.45, 2.75) is 31.6 Å². The van der Waals surface area contributed by atoms with Crippen molar-refractivity contribution < 1.29 is 8.42 Å². The van der Waals surface area contributed by atoms with Crippen molar-refractivity contribution in [3.63, 3.8) is 0 Å².